The number of aromatic nitrogens is 2. The van der Waals surface area contributed by atoms with E-state index in [1.54, 1.807) is 24.1 Å². The molecule has 1 heterocycles. The van der Waals surface area contributed by atoms with E-state index in [2.05, 4.69) is 9.97 Å². The third-order valence-electron chi connectivity index (χ3n) is 3.66. The van der Waals surface area contributed by atoms with Crippen molar-refractivity contribution in [1.29, 1.82) is 0 Å². The molecule has 1 unspecified atom stereocenters. The second-order valence-electron chi connectivity index (χ2n) is 5.53. The lowest BCUT2D eigenvalue weighted by Crippen LogP contribution is -2.32. The maximum absolute atomic E-state index is 13.0. The Bertz CT molecular complexity index is 807. The molecule has 0 aliphatic rings. The molecule has 0 radical (unpaired) electrons. The van der Waals surface area contributed by atoms with Crippen LogP contribution in [0.5, 0.6) is 5.75 Å². The van der Waals surface area contributed by atoms with Crippen LogP contribution in [0, 0.1) is 5.82 Å². The summed E-state index contributed by atoms with van der Waals surface area (Å²) < 4.78 is 18.2. The van der Waals surface area contributed by atoms with Crippen molar-refractivity contribution in [1.82, 2.24) is 14.9 Å². The number of primary amides is 1. The lowest BCUT2D eigenvalue weighted by molar-refractivity contribution is 0.0947. The lowest BCUT2D eigenvalue weighted by atomic mass is 10.1. The van der Waals surface area contributed by atoms with Crippen molar-refractivity contribution in [3.8, 4) is 5.75 Å². The van der Waals surface area contributed by atoms with Gasteiger partial charge in [-0.05, 0) is 24.7 Å². The first kappa shape index (κ1) is 18.6. The summed E-state index contributed by atoms with van der Waals surface area (Å²) >= 11 is 0. The molecular formula is C16H19FN4O4. The molecule has 0 spiro atoms. The van der Waals surface area contributed by atoms with E-state index in [-0.39, 0.29) is 18.2 Å². The number of aromatic hydroxyl groups is 1. The fourth-order valence-electron chi connectivity index (χ4n) is 2.37. The Hall–Kier alpha value is -2.78. The Labute approximate surface area is 143 Å². The Morgan fingerprint density at radius 2 is 2.08 bits per heavy atom. The Kier molecular flexibility index (Phi) is 5.84. The number of nitrogens with two attached hydrogens (primary N) is 1. The molecule has 25 heavy (non-hydrogen) atoms. The van der Waals surface area contributed by atoms with Gasteiger partial charge < -0.3 is 20.6 Å². The van der Waals surface area contributed by atoms with Gasteiger partial charge in [0, 0.05) is 13.7 Å². The van der Waals surface area contributed by atoms with E-state index in [0.717, 1.165) is 5.56 Å². The number of nitrogens with zero attached hydrogens (tertiary/aromatic N) is 2. The van der Waals surface area contributed by atoms with Crippen LogP contribution in [0.15, 0.2) is 29.1 Å². The molecule has 1 atom stereocenters. The highest BCUT2D eigenvalue weighted by Gasteiger charge is 2.24. The van der Waals surface area contributed by atoms with Gasteiger partial charge in [-0.2, -0.15) is 0 Å². The van der Waals surface area contributed by atoms with Gasteiger partial charge in [-0.15, -0.1) is 0 Å². The minimum Gasteiger partial charge on any atom is -0.501 e. The van der Waals surface area contributed by atoms with E-state index in [9.17, 15) is 19.1 Å². The molecule has 4 N–H and O–H groups in total. The van der Waals surface area contributed by atoms with Gasteiger partial charge in [-0.25, -0.2) is 9.37 Å². The number of benzene rings is 1. The van der Waals surface area contributed by atoms with E-state index >= 15 is 0 Å². The van der Waals surface area contributed by atoms with Crippen LogP contribution in [0.1, 0.15) is 27.9 Å². The van der Waals surface area contributed by atoms with Crippen molar-refractivity contribution >= 4 is 5.91 Å². The topological polar surface area (TPSA) is 122 Å². The van der Waals surface area contributed by atoms with Crippen LogP contribution in [-0.4, -0.2) is 46.6 Å². The van der Waals surface area contributed by atoms with Crippen molar-refractivity contribution in [2.24, 2.45) is 5.73 Å². The molecular weight excluding hydrogens is 331 g/mol. The monoisotopic (exact) mass is 350 g/mol. The molecule has 0 saturated heterocycles. The van der Waals surface area contributed by atoms with E-state index in [1.807, 2.05) is 0 Å². The number of methoxy groups -OCH3 is 1. The van der Waals surface area contributed by atoms with Gasteiger partial charge in [0.1, 0.15) is 11.6 Å². The highest BCUT2D eigenvalue weighted by molar-refractivity contribution is 5.93. The molecule has 0 aliphatic carbocycles. The molecule has 0 saturated carbocycles. The van der Waals surface area contributed by atoms with Crippen LogP contribution in [-0.2, 0) is 11.3 Å². The lowest BCUT2D eigenvalue weighted by Gasteiger charge is -2.27. The zero-order chi connectivity index (χ0) is 18.6. The third-order valence-corrected chi connectivity index (χ3v) is 3.66. The number of ether oxygens (including phenoxy) is 1. The number of rotatable bonds is 7. The number of halogens is 1. The summed E-state index contributed by atoms with van der Waals surface area (Å²) in [6.07, 6.45) is 0. The summed E-state index contributed by atoms with van der Waals surface area (Å²) in [6, 6.07) is 5.44. The van der Waals surface area contributed by atoms with Crippen LogP contribution in [0.4, 0.5) is 4.39 Å². The molecule has 0 bridgehead atoms. The molecule has 2 rings (SSSR count). The van der Waals surface area contributed by atoms with Crippen LogP contribution in [0.25, 0.3) is 0 Å². The standard InChI is InChI=1S/C16H19FN4O4/c1-21(7-9-3-5-10(17)6-4-9)11(8-25-2)15-19-12(14(18)23)13(22)16(24)20-15/h3-6,11,22H,7-8H2,1-2H3,(H2,18,23)(H,19,20,24). The number of H-pyrrole nitrogens is 1. The molecule has 0 aliphatic heterocycles. The number of amides is 1. The number of hydrogen-bond donors (Lipinski definition) is 3. The number of likely N-dealkylation sites (N-methyl/N-ethyl adjacent to an activating group) is 1. The predicted octanol–water partition coefficient (Wildman–Crippen LogP) is 0.533. The van der Waals surface area contributed by atoms with Crippen LogP contribution >= 0.6 is 0 Å². The van der Waals surface area contributed by atoms with Gasteiger partial charge in [0.15, 0.2) is 5.69 Å². The number of carbonyl (C=O) groups excluding carboxylic acids is 1. The van der Waals surface area contributed by atoms with Crippen molar-refractivity contribution in [2.45, 2.75) is 12.6 Å². The van der Waals surface area contributed by atoms with Crippen LogP contribution in [0.3, 0.4) is 0 Å². The van der Waals surface area contributed by atoms with Crippen LogP contribution < -0.4 is 11.3 Å². The van der Waals surface area contributed by atoms with Gasteiger partial charge in [-0.1, -0.05) is 12.1 Å². The number of aromatic amines is 1. The van der Waals surface area contributed by atoms with Crippen LogP contribution in [0.2, 0.25) is 0 Å². The van der Waals surface area contributed by atoms with Gasteiger partial charge in [0.2, 0.25) is 5.75 Å². The first-order valence-electron chi connectivity index (χ1n) is 7.40. The minimum atomic E-state index is -1.01. The summed E-state index contributed by atoms with van der Waals surface area (Å²) in [4.78, 5) is 31.4. The average molecular weight is 350 g/mol. The zero-order valence-corrected chi connectivity index (χ0v) is 13.8. The van der Waals surface area contributed by atoms with E-state index < -0.39 is 29.0 Å². The fourth-order valence-corrected chi connectivity index (χ4v) is 2.37. The Balaban J connectivity index is 2.35. The second kappa shape index (κ2) is 7.86. The van der Waals surface area contributed by atoms with Gasteiger partial charge in [-0.3, -0.25) is 14.5 Å². The van der Waals surface area contributed by atoms with Crippen molar-refractivity contribution < 1.29 is 19.0 Å². The molecule has 1 aromatic carbocycles. The van der Waals surface area contributed by atoms with E-state index in [4.69, 9.17) is 10.5 Å². The van der Waals surface area contributed by atoms with Crippen molar-refractivity contribution in [2.75, 3.05) is 20.8 Å². The van der Waals surface area contributed by atoms with Gasteiger partial charge in [0.25, 0.3) is 11.5 Å². The molecule has 9 heteroatoms. The average Bonchev–Trinajstić information content (AvgIpc) is 2.56. The fraction of sp³-hybridized carbons (Fsp3) is 0.312. The second-order valence-corrected chi connectivity index (χ2v) is 5.53. The zero-order valence-electron chi connectivity index (χ0n) is 13.8. The number of carbonyl (C=O) groups is 1. The molecule has 2 aromatic rings. The van der Waals surface area contributed by atoms with Gasteiger partial charge in [0.05, 0.1) is 12.6 Å². The highest BCUT2D eigenvalue weighted by atomic mass is 19.1. The Morgan fingerprint density at radius 3 is 2.64 bits per heavy atom. The molecule has 1 aromatic heterocycles. The minimum absolute atomic E-state index is 0.128. The first-order valence-corrected chi connectivity index (χ1v) is 7.40. The van der Waals surface area contributed by atoms with Gasteiger partial charge >= 0.3 is 0 Å². The van der Waals surface area contributed by atoms with Crippen molar-refractivity contribution in [3.05, 3.63) is 57.5 Å². The van der Waals surface area contributed by atoms with E-state index in [1.165, 1.54) is 19.2 Å². The largest absolute Gasteiger partial charge is 0.501 e. The normalized spacial score (nSPS) is 12.3. The smallest absolute Gasteiger partial charge is 0.293 e. The number of hydrogen-bond acceptors (Lipinski definition) is 6. The summed E-state index contributed by atoms with van der Waals surface area (Å²) in [5, 5.41) is 9.62. The third kappa shape index (κ3) is 4.40. The molecule has 134 valence electrons. The molecule has 8 nitrogen and oxygen atoms in total. The van der Waals surface area contributed by atoms with Crippen molar-refractivity contribution in [3.63, 3.8) is 0 Å². The maximum Gasteiger partial charge on any atom is 0.293 e. The molecule has 0 fully saturated rings. The summed E-state index contributed by atoms with van der Waals surface area (Å²) in [6.45, 7) is 0.564. The Morgan fingerprint density at radius 1 is 1.44 bits per heavy atom. The predicted molar refractivity (Wildman–Crippen MR) is 87.5 cm³/mol. The SMILES string of the molecule is COCC(c1nc(C(N)=O)c(O)c(=O)[nH]1)N(C)Cc1ccc(F)cc1. The first-order chi connectivity index (χ1) is 11.8. The summed E-state index contributed by atoms with van der Waals surface area (Å²) in [5.41, 5.74) is 4.61. The molecule has 1 amide bonds. The summed E-state index contributed by atoms with van der Waals surface area (Å²) in [7, 11) is 3.23. The van der Waals surface area contributed by atoms with E-state index in [0.29, 0.717) is 6.54 Å². The maximum atomic E-state index is 13.0. The number of nitrogens with one attached hydrogen (secondary N) is 1. The highest BCUT2D eigenvalue weighted by Crippen LogP contribution is 2.20. The quantitative estimate of drug-likeness (QED) is 0.670. The summed E-state index contributed by atoms with van der Waals surface area (Å²) in [5.74, 6) is -2.05.